The van der Waals surface area contributed by atoms with Gasteiger partial charge >= 0.3 is 5.97 Å². The van der Waals surface area contributed by atoms with Gasteiger partial charge in [0.25, 0.3) is 5.91 Å². The lowest BCUT2D eigenvalue weighted by Crippen LogP contribution is -2.46. The van der Waals surface area contributed by atoms with Gasteiger partial charge < -0.3 is 9.64 Å². The first-order valence-electron chi connectivity index (χ1n) is 9.74. The molecule has 0 unspecified atom stereocenters. The van der Waals surface area contributed by atoms with Gasteiger partial charge in [-0.1, -0.05) is 54.1 Å². The Labute approximate surface area is 164 Å². The Hall–Kier alpha value is -3.14. The normalized spacial score (nSPS) is 24.8. The number of amides is 1. The highest BCUT2D eigenvalue weighted by atomic mass is 16.6. The summed E-state index contributed by atoms with van der Waals surface area (Å²) in [6.45, 7) is 0. The van der Waals surface area contributed by atoms with E-state index in [1.807, 2.05) is 42.5 Å². The Morgan fingerprint density at radius 3 is 2.54 bits per heavy atom. The fraction of sp³-hybridized carbons (Fsp3) is 0.250. The molecule has 4 heteroatoms. The van der Waals surface area contributed by atoms with E-state index in [2.05, 4.69) is 12.2 Å². The first-order valence-corrected chi connectivity index (χ1v) is 9.74. The number of esters is 1. The molecule has 1 spiro atoms. The molecular formula is C24H21NO3. The van der Waals surface area contributed by atoms with Crippen molar-refractivity contribution in [2.75, 3.05) is 11.9 Å². The lowest BCUT2D eigenvalue weighted by atomic mass is 9.77. The second-order valence-corrected chi connectivity index (χ2v) is 7.58. The first-order chi connectivity index (χ1) is 13.6. The van der Waals surface area contributed by atoms with E-state index in [1.54, 1.807) is 18.0 Å². The molecule has 0 radical (unpaired) electrons. The molecule has 28 heavy (non-hydrogen) atoms. The van der Waals surface area contributed by atoms with Gasteiger partial charge in [0.05, 0.1) is 11.3 Å². The number of rotatable bonds is 1. The van der Waals surface area contributed by atoms with E-state index in [0.29, 0.717) is 5.56 Å². The second-order valence-electron chi connectivity index (χ2n) is 7.58. The summed E-state index contributed by atoms with van der Waals surface area (Å²) in [6, 6.07) is 15.0. The lowest BCUT2D eigenvalue weighted by Gasteiger charge is -2.36. The molecule has 0 aromatic heterocycles. The minimum Gasteiger partial charge on any atom is -0.435 e. The number of allylic oxidation sites excluding steroid dienone is 3. The number of fused-ring (bicyclic) bond motifs is 3. The van der Waals surface area contributed by atoms with Crippen molar-refractivity contribution in [1.29, 1.82) is 0 Å². The Kier molecular flexibility index (Phi) is 3.76. The number of anilines is 1. The fourth-order valence-electron chi connectivity index (χ4n) is 4.58. The zero-order valence-electron chi connectivity index (χ0n) is 15.8. The summed E-state index contributed by atoms with van der Waals surface area (Å²) in [5.41, 5.74) is 3.34. The number of hydrogen-bond acceptors (Lipinski definition) is 3. The van der Waals surface area contributed by atoms with Gasteiger partial charge in [0.15, 0.2) is 0 Å². The van der Waals surface area contributed by atoms with Crippen LogP contribution >= 0.6 is 0 Å². The van der Waals surface area contributed by atoms with Gasteiger partial charge in [-0.2, -0.15) is 0 Å². The van der Waals surface area contributed by atoms with Crippen molar-refractivity contribution in [2.45, 2.75) is 31.3 Å². The average molecular weight is 371 g/mol. The summed E-state index contributed by atoms with van der Waals surface area (Å²) in [7, 11) is 1.74. The van der Waals surface area contributed by atoms with E-state index in [4.69, 9.17) is 4.74 Å². The Balaban J connectivity index is 1.82. The van der Waals surface area contributed by atoms with Gasteiger partial charge in [0.2, 0.25) is 5.60 Å². The van der Waals surface area contributed by atoms with Crippen LogP contribution in [0.25, 0.3) is 5.57 Å². The highest BCUT2D eigenvalue weighted by molar-refractivity contribution is 6.19. The van der Waals surface area contributed by atoms with E-state index < -0.39 is 11.6 Å². The van der Waals surface area contributed by atoms with E-state index in [1.165, 1.54) is 12.0 Å². The molecule has 0 bridgehead atoms. The largest absolute Gasteiger partial charge is 0.435 e. The third kappa shape index (κ3) is 2.24. The summed E-state index contributed by atoms with van der Waals surface area (Å²) in [5, 5.41) is 0. The average Bonchev–Trinajstić information content (AvgIpc) is 2.95. The van der Waals surface area contributed by atoms with Gasteiger partial charge in [-0.3, -0.25) is 4.79 Å². The van der Waals surface area contributed by atoms with Crippen LogP contribution in [0.2, 0.25) is 0 Å². The Bertz CT molecular complexity index is 1070. The number of hydrogen-bond donors (Lipinski definition) is 0. The van der Waals surface area contributed by atoms with Crippen LogP contribution in [-0.4, -0.2) is 18.9 Å². The molecule has 2 aromatic rings. The van der Waals surface area contributed by atoms with Gasteiger partial charge in [-0.15, -0.1) is 0 Å². The van der Waals surface area contributed by atoms with Crippen molar-refractivity contribution in [3.63, 3.8) is 0 Å². The number of carbonyl (C=O) groups excluding carboxylic acids is 2. The van der Waals surface area contributed by atoms with Crippen molar-refractivity contribution in [3.8, 4) is 0 Å². The molecular weight excluding hydrogens is 350 g/mol. The molecule has 3 aliphatic rings. The predicted molar refractivity (Wildman–Crippen MR) is 108 cm³/mol. The van der Waals surface area contributed by atoms with Crippen LogP contribution in [0.1, 0.15) is 47.2 Å². The number of ether oxygens (including phenoxy) is 1. The topological polar surface area (TPSA) is 46.6 Å². The molecule has 0 fully saturated rings. The quantitative estimate of drug-likeness (QED) is 0.688. The molecule has 4 nitrogen and oxygen atoms in total. The molecule has 1 amide bonds. The van der Waals surface area contributed by atoms with Crippen LogP contribution in [0.4, 0.5) is 5.69 Å². The summed E-state index contributed by atoms with van der Waals surface area (Å²) in [5.74, 6) is -0.678. The van der Waals surface area contributed by atoms with Gasteiger partial charge in [0, 0.05) is 18.2 Å². The number of likely N-dealkylation sites (N-methyl/N-ethyl adjacent to an activating group) is 1. The number of nitrogens with zero attached hydrogens (tertiary/aromatic N) is 1. The lowest BCUT2D eigenvalue weighted by molar-refractivity contribution is -0.131. The SMILES string of the molecule is CN1C(=O)[C@]2(OC(=O)c3ccccc3/C2=C\C2=CCCCC2)c2ccccc21. The van der Waals surface area contributed by atoms with Crippen molar-refractivity contribution < 1.29 is 14.3 Å². The Morgan fingerprint density at radius 1 is 1.00 bits per heavy atom. The molecule has 2 heterocycles. The van der Waals surface area contributed by atoms with Gasteiger partial charge in [-0.25, -0.2) is 4.79 Å². The van der Waals surface area contributed by atoms with Crippen LogP contribution < -0.4 is 4.90 Å². The number of para-hydroxylation sites is 1. The van der Waals surface area contributed by atoms with Crippen LogP contribution in [-0.2, 0) is 15.1 Å². The van der Waals surface area contributed by atoms with E-state index in [9.17, 15) is 9.59 Å². The van der Waals surface area contributed by atoms with Crippen molar-refractivity contribution >= 4 is 23.1 Å². The minimum atomic E-state index is -1.42. The third-order valence-electron chi connectivity index (χ3n) is 5.97. The predicted octanol–water partition coefficient (Wildman–Crippen LogP) is 4.61. The standard InChI is InChI=1S/C24H21NO3/c1-25-21-14-8-7-13-19(21)24(23(25)27)20(15-16-9-3-2-4-10-16)17-11-5-6-12-18(17)22(26)28-24/h5-9,11-15H,2-4,10H2,1H3/b20-15+/t24-/m0/s1. The summed E-state index contributed by atoms with van der Waals surface area (Å²) in [6.07, 6.45) is 8.65. The van der Waals surface area contributed by atoms with Crippen molar-refractivity contribution in [1.82, 2.24) is 0 Å². The number of carbonyl (C=O) groups is 2. The first kappa shape index (κ1) is 17.0. The second kappa shape index (κ2) is 6.20. The van der Waals surface area contributed by atoms with Crippen LogP contribution in [0.3, 0.4) is 0 Å². The molecule has 2 aliphatic heterocycles. The third-order valence-corrected chi connectivity index (χ3v) is 5.97. The number of benzene rings is 2. The van der Waals surface area contributed by atoms with Gasteiger partial charge in [-0.05, 0) is 43.4 Å². The molecule has 0 saturated heterocycles. The van der Waals surface area contributed by atoms with Crippen LogP contribution in [0.15, 0.2) is 66.3 Å². The summed E-state index contributed by atoms with van der Waals surface area (Å²) in [4.78, 5) is 28.0. The zero-order chi connectivity index (χ0) is 19.3. The Morgan fingerprint density at radius 2 is 1.75 bits per heavy atom. The minimum absolute atomic E-state index is 0.223. The molecule has 2 aromatic carbocycles. The molecule has 1 aliphatic carbocycles. The van der Waals surface area contributed by atoms with E-state index >= 15 is 0 Å². The molecule has 1 atom stereocenters. The van der Waals surface area contributed by atoms with Crippen molar-refractivity contribution in [3.05, 3.63) is 82.9 Å². The van der Waals surface area contributed by atoms with Crippen molar-refractivity contribution in [2.24, 2.45) is 0 Å². The maximum atomic E-state index is 13.5. The molecule has 0 saturated carbocycles. The maximum Gasteiger partial charge on any atom is 0.340 e. The van der Waals surface area contributed by atoms with E-state index in [-0.39, 0.29) is 5.91 Å². The zero-order valence-corrected chi connectivity index (χ0v) is 15.8. The van der Waals surface area contributed by atoms with Gasteiger partial charge in [0.1, 0.15) is 0 Å². The molecule has 0 N–H and O–H groups in total. The maximum absolute atomic E-state index is 13.5. The highest BCUT2D eigenvalue weighted by Crippen LogP contribution is 2.53. The summed E-state index contributed by atoms with van der Waals surface area (Å²) < 4.78 is 6.00. The smallest absolute Gasteiger partial charge is 0.340 e. The molecule has 5 rings (SSSR count). The molecule has 140 valence electrons. The van der Waals surface area contributed by atoms with Crippen LogP contribution in [0, 0.1) is 0 Å². The van der Waals surface area contributed by atoms with E-state index in [0.717, 1.165) is 41.6 Å². The fourth-order valence-corrected chi connectivity index (χ4v) is 4.58. The summed E-state index contributed by atoms with van der Waals surface area (Å²) >= 11 is 0. The van der Waals surface area contributed by atoms with Crippen LogP contribution in [0.5, 0.6) is 0 Å². The highest BCUT2D eigenvalue weighted by Gasteiger charge is 2.58. The monoisotopic (exact) mass is 371 g/mol.